The minimum absolute atomic E-state index is 0.0280. The van der Waals surface area contributed by atoms with Gasteiger partial charge in [0, 0.05) is 37.9 Å². The highest BCUT2D eigenvalue weighted by Gasteiger charge is 2.24. The number of benzene rings is 1. The second kappa shape index (κ2) is 6.09. The van der Waals surface area contributed by atoms with Crippen molar-refractivity contribution in [3.63, 3.8) is 0 Å². The fourth-order valence-corrected chi connectivity index (χ4v) is 2.70. The van der Waals surface area contributed by atoms with Gasteiger partial charge in [0.05, 0.1) is 13.3 Å². The van der Waals surface area contributed by atoms with E-state index in [-0.39, 0.29) is 5.91 Å². The number of rotatable bonds is 3. The molecule has 1 aromatic carbocycles. The molecule has 1 aromatic heterocycles. The number of anilines is 1. The number of aryl methyl sites for hydroxylation is 1. The summed E-state index contributed by atoms with van der Waals surface area (Å²) in [6.45, 7) is 4.92. The minimum Gasteiger partial charge on any atom is -0.497 e. The molecule has 0 aliphatic carbocycles. The minimum atomic E-state index is 0.0280. The van der Waals surface area contributed by atoms with Crippen LogP contribution in [0.5, 0.6) is 5.75 Å². The van der Waals surface area contributed by atoms with Crippen LogP contribution in [0, 0.1) is 6.92 Å². The van der Waals surface area contributed by atoms with Gasteiger partial charge in [-0.3, -0.25) is 9.89 Å². The number of nitrogens with zero attached hydrogens (tertiary/aromatic N) is 3. The van der Waals surface area contributed by atoms with E-state index < -0.39 is 0 Å². The van der Waals surface area contributed by atoms with Gasteiger partial charge in [0.25, 0.3) is 5.91 Å². The molecule has 3 rings (SSSR count). The summed E-state index contributed by atoms with van der Waals surface area (Å²) in [7, 11) is 1.67. The Labute approximate surface area is 129 Å². The van der Waals surface area contributed by atoms with E-state index in [1.165, 1.54) is 0 Å². The third kappa shape index (κ3) is 2.77. The molecule has 0 atom stereocenters. The molecule has 2 heterocycles. The van der Waals surface area contributed by atoms with Crippen molar-refractivity contribution in [1.29, 1.82) is 0 Å². The first-order chi connectivity index (χ1) is 10.7. The van der Waals surface area contributed by atoms with Crippen molar-refractivity contribution in [3.05, 3.63) is 41.7 Å². The average molecular weight is 300 g/mol. The van der Waals surface area contributed by atoms with Gasteiger partial charge in [0.15, 0.2) is 0 Å². The Hall–Kier alpha value is -2.50. The van der Waals surface area contributed by atoms with Crippen LogP contribution in [0.4, 0.5) is 5.69 Å². The number of amides is 1. The molecule has 6 heteroatoms. The lowest BCUT2D eigenvalue weighted by Crippen LogP contribution is -2.49. The Morgan fingerprint density at radius 3 is 2.68 bits per heavy atom. The topological polar surface area (TPSA) is 61.5 Å². The Balaban J connectivity index is 1.65. The molecule has 22 heavy (non-hydrogen) atoms. The van der Waals surface area contributed by atoms with Gasteiger partial charge in [0.1, 0.15) is 11.4 Å². The van der Waals surface area contributed by atoms with Crippen molar-refractivity contribution < 1.29 is 9.53 Å². The van der Waals surface area contributed by atoms with Crippen LogP contribution in [0.15, 0.2) is 30.5 Å². The molecule has 1 N–H and O–H groups in total. The number of aromatic amines is 1. The molecule has 0 radical (unpaired) electrons. The van der Waals surface area contributed by atoms with E-state index >= 15 is 0 Å². The Morgan fingerprint density at radius 2 is 2.05 bits per heavy atom. The molecule has 1 fully saturated rings. The quantitative estimate of drug-likeness (QED) is 0.937. The van der Waals surface area contributed by atoms with Crippen LogP contribution in [-0.2, 0) is 0 Å². The summed E-state index contributed by atoms with van der Waals surface area (Å²) in [6, 6.07) is 8.01. The van der Waals surface area contributed by atoms with Crippen molar-refractivity contribution in [1.82, 2.24) is 15.1 Å². The van der Waals surface area contributed by atoms with Gasteiger partial charge in [-0.1, -0.05) is 6.07 Å². The SMILES string of the molecule is COc1cccc(N2CCN(C(=O)c3[nH]ncc3C)CC2)c1. The van der Waals surface area contributed by atoms with E-state index in [1.54, 1.807) is 13.3 Å². The molecule has 2 aromatic rings. The Bertz CT molecular complexity index is 660. The maximum atomic E-state index is 12.4. The van der Waals surface area contributed by atoms with Crippen LogP contribution in [0.3, 0.4) is 0 Å². The van der Waals surface area contributed by atoms with Gasteiger partial charge in [-0.2, -0.15) is 5.10 Å². The first-order valence-electron chi connectivity index (χ1n) is 7.37. The molecule has 0 saturated carbocycles. The molecule has 116 valence electrons. The number of ether oxygens (including phenoxy) is 1. The zero-order valence-electron chi connectivity index (χ0n) is 12.9. The molecule has 0 bridgehead atoms. The van der Waals surface area contributed by atoms with Crippen molar-refractivity contribution in [2.75, 3.05) is 38.2 Å². The van der Waals surface area contributed by atoms with Gasteiger partial charge in [-0.25, -0.2) is 0 Å². The second-order valence-corrected chi connectivity index (χ2v) is 5.41. The molecule has 6 nitrogen and oxygen atoms in total. The highest BCUT2D eigenvalue weighted by atomic mass is 16.5. The summed E-state index contributed by atoms with van der Waals surface area (Å²) in [5.74, 6) is 0.879. The van der Waals surface area contributed by atoms with Crippen molar-refractivity contribution in [2.24, 2.45) is 0 Å². The monoisotopic (exact) mass is 300 g/mol. The Morgan fingerprint density at radius 1 is 1.27 bits per heavy atom. The number of carbonyl (C=O) groups excluding carboxylic acids is 1. The fraction of sp³-hybridized carbons (Fsp3) is 0.375. The standard InChI is InChI=1S/C16H20N4O2/c1-12-11-17-18-15(12)16(21)20-8-6-19(7-9-20)13-4-3-5-14(10-13)22-2/h3-5,10-11H,6-9H2,1-2H3,(H,17,18). The van der Waals surface area contributed by atoms with Gasteiger partial charge in [0.2, 0.25) is 0 Å². The summed E-state index contributed by atoms with van der Waals surface area (Å²) < 4.78 is 5.26. The van der Waals surface area contributed by atoms with E-state index in [9.17, 15) is 4.79 Å². The molecule has 1 aliphatic heterocycles. The number of piperazine rings is 1. The maximum Gasteiger partial charge on any atom is 0.272 e. The van der Waals surface area contributed by atoms with Crippen LogP contribution in [0.1, 0.15) is 16.1 Å². The largest absolute Gasteiger partial charge is 0.497 e. The number of methoxy groups -OCH3 is 1. The number of carbonyl (C=O) groups is 1. The van der Waals surface area contributed by atoms with Crippen molar-refractivity contribution in [3.8, 4) is 5.75 Å². The zero-order chi connectivity index (χ0) is 15.5. The predicted molar refractivity (Wildman–Crippen MR) is 84.4 cm³/mol. The van der Waals surface area contributed by atoms with Crippen LogP contribution in [-0.4, -0.2) is 54.3 Å². The van der Waals surface area contributed by atoms with Gasteiger partial charge in [-0.05, 0) is 24.6 Å². The molecule has 0 spiro atoms. The molecule has 0 unspecified atom stereocenters. The molecular formula is C16H20N4O2. The fourth-order valence-electron chi connectivity index (χ4n) is 2.70. The van der Waals surface area contributed by atoms with E-state index in [1.807, 2.05) is 30.0 Å². The predicted octanol–water partition coefficient (Wildman–Crippen LogP) is 1.69. The molecule has 1 aliphatic rings. The summed E-state index contributed by atoms with van der Waals surface area (Å²) in [6.07, 6.45) is 1.68. The summed E-state index contributed by atoms with van der Waals surface area (Å²) >= 11 is 0. The van der Waals surface area contributed by atoms with Crippen molar-refractivity contribution >= 4 is 11.6 Å². The highest BCUT2D eigenvalue weighted by Crippen LogP contribution is 2.22. The van der Waals surface area contributed by atoms with Crippen LogP contribution < -0.4 is 9.64 Å². The summed E-state index contributed by atoms with van der Waals surface area (Å²) in [5.41, 5.74) is 2.61. The van der Waals surface area contributed by atoms with E-state index in [4.69, 9.17) is 4.74 Å². The second-order valence-electron chi connectivity index (χ2n) is 5.41. The summed E-state index contributed by atoms with van der Waals surface area (Å²) in [4.78, 5) is 16.6. The third-order valence-electron chi connectivity index (χ3n) is 4.03. The number of hydrogen-bond acceptors (Lipinski definition) is 4. The van der Waals surface area contributed by atoms with E-state index in [0.717, 1.165) is 30.1 Å². The van der Waals surface area contributed by atoms with Crippen molar-refractivity contribution in [2.45, 2.75) is 6.92 Å². The first kappa shape index (κ1) is 14.4. The molecule has 1 saturated heterocycles. The van der Waals surface area contributed by atoms with Gasteiger partial charge >= 0.3 is 0 Å². The lowest BCUT2D eigenvalue weighted by Gasteiger charge is -2.36. The smallest absolute Gasteiger partial charge is 0.272 e. The molecular weight excluding hydrogens is 280 g/mol. The van der Waals surface area contributed by atoms with Gasteiger partial charge < -0.3 is 14.5 Å². The normalized spacial score (nSPS) is 15.0. The van der Waals surface area contributed by atoms with E-state index in [0.29, 0.717) is 18.8 Å². The number of H-pyrrole nitrogens is 1. The van der Waals surface area contributed by atoms with Crippen LogP contribution in [0.2, 0.25) is 0 Å². The zero-order valence-corrected chi connectivity index (χ0v) is 12.9. The lowest BCUT2D eigenvalue weighted by atomic mass is 10.2. The average Bonchev–Trinajstić information content (AvgIpc) is 3.00. The first-order valence-corrected chi connectivity index (χ1v) is 7.37. The van der Waals surface area contributed by atoms with Crippen LogP contribution in [0.25, 0.3) is 0 Å². The highest BCUT2D eigenvalue weighted by molar-refractivity contribution is 5.93. The number of hydrogen-bond donors (Lipinski definition) is 1. The third-order valence-corrected chi connectivity index (χ3v) is 4.03. The van der Waals surface area contributed by atoms with E-state index in [2.05, 4.69) is 21.2 Å². The number of aromatic nitrogens is 2. The van der Waals surface area contributed by atoms with Crippen LogP contribution >= 0.6 is 0 Å². The Kier molecular flexibility index (Phi) is 4.00. The molecule has 1 amide bonds. The lowest BCUT2D eigenvalue weighted by molar-refractivity contribution is 0.0740. The van der Waals surface area contributed by atoms with Gasteiger partial charge in [-0.15, -0.1) is 0 Å². The maximum absolute atomic E-state index is 12.4. The number of nitrogens with one attached hydrogen (secondary N) is 1. The summed E-state index contributed by atoms with van der Waals surface area (Å²) in [5, 5.41) is 6.71.